The van der Waals surface area contributed by atoms with Crippen molar-refractivity contribution in [2.75, 3.05) is 5.75 Å². The molecule has 45 heavy (non-hydrogen) atoms. The van der Waals surface area contributed by atoms with Crippen LogP contribution in [0, 0.1) is 28.6 Å². The largest absolute Gasteiger partial charge is 0.393 e. The molecule has 5 aliphatic carbocycles. The third kappa shape index (κ3) is 4.68. The number of H-pyrrole nitrogens is 1. The van der Waals surface area contributed by atoms with Crippen LogP contribution in [0.15, 0.2) is 51.8 Å². The molecular formula is C37H46N3O3S2+. The minimum Gasteiger partial charge on any atom is -0.393 e. The summed E-state index contributed by atoms with van der Waals surface area (Å²) in [6.45, 7) is 4.49. The van der Waals surface area contributed by atoms with E-state index in [1.54, 1.807) is 11.3 Å². The van der Waals surface area contributed by atoms with Gasteiger partial charge in [0.25, 0.3) is 4.34 Å². The molecule has 5 aliphatic rings. The van der Waals surface area contributed by atoms with Gasteiger partial charge in [0.05, 0.1) is 35.2 Å². The highest BCUT2D eigenvalue weighted by atomic mass is 32.2. The number of carbonyl (C=O) groups is 1. The molecule has 3 N–H and O–H groups in total. The van der Waals surface area contributed by atoms with Crippen molar-refractivity contribution in [3.63, 3.8) is 0 Å². The van der Waals surface area contributed by atoms with Crippen molar-refractivity contribution in [1.82, 2.24) is 9.78 Å². The number of fused-ring (bicyclic) bond motifs is 6. The first-order valence-corrected chi connectivity index (χ1v) is 19.0. The van der Waals surface area contributed by atoms with Gasteiger partial charge in [0.15, 0.2) is 5.78 Å². The van der Waals surface area contributed by atoms with E-state index in [4.69, 9.17) is 5.10 Å². The number of hydrogen-bond acceptors (Lipinski definition) is 6. The molecule has 0 spiro atoms. The van der Waals surface area contributed by atoms with Crippen molar-refractivity contribution in [3.05, 3.63) is 58.7 Å². The molecule has 4 saturated carbocycles. The van der Waals surface area contributed by atoms with Crippen LogP contribution in [0.1, 0.15) is 95.4 Å². The Bertz CT molecular complexity index is 1630. The zero-order valence-electron chi connectivity index (χ0n) is 26.5. The van der Waals surface area contributed by atoms with Crippen LogP contribution in [0.3, 0.4) is 0 Å². The molecule has 8 rings (SSSR count). The number of hydrogen-bond donors (Lipinski definition) is 2. The van der Waals surface area contributed by atoms with Gasteiger partial charge in [0, 0.05) is 11.0 Å². The molecule has 8 heteroatoms. The summed E-state index contributed by atoms with van der Waals surface area (Å²) in [6.07, 6.45) is 15.1. The van der Waals surface area contributed by atoms with Gasteiger partial charge in [-0.3, -0.25) is 9.48 Å². The van der Waals surface area contributed by atoms with E-state index in [0.29, 0.717) is 24.8 Å². The van der Waals surface area contributed by atoms with Crippen LogP contribution in [-0.2, 0) is 11.2 Å². The summed E-state index contributed by atoms with van der Waals surface area (Å²) in [7, 11) is 0. The first kappa shape index (κ1) is 30.1. The fraction of sp³-hybridized carbons (Fsp3) is 0.595. The van der Waals surface area contributed by atoms with Gasteiger partial charge < -0.3 is 10.2 Å². The van der Waals surface area contributed by atoms with Gasteiger partial charge in [-0.15, -0.1) is 0 Å². The molecule has 7 atom stereocenters. The van der Waals surface area contributed by atoms with Gasteiger partial charge in [0.1, 0.15) is 5.60 Å². The minimum absolute atomic E-state index is 0.0914. The average molecular weight is 645 g/mol. The lowest BCUT2D eigenvalue weighted by atomic mass is 9.45. The predicted molar refractivity (Wildman–Crippen MR) is 179 cm³/mol. The summed E-state index contributed by atoms with van der Waals surface area (Å²) in [5.41, 5.74) is 4.11. The Hall–Kier alpha value is -2.26. The number of nitrogens with one attached hydrogen (secondary N) is 1. The highest BCUT2D eigenvalue weighted by Crippen LogP contribution is 2.67. The van der Waals surface area contributed by atoms with Crippen molar-refractivity contribution in [2.45, 2.75) is 107 Å². The second-order valence-electron chi connectivity index (χ2n) is 15.1. The molecule has 0 aliphatic heterocycles. The number of thioether (sulfide) groups is 1. The van der Waals surface area contributed by atoms with E-state index in [2.05, 4.69) is 53.3 Å². The van der Waals surface area contributed by atoms with Crippen molar-refractivity contribution in [2.24, 2.45) is 28.6 Å². The Labute approximate surface area is 274 Å². The van der Waals surface area contributed by atoms with E-state index in [0.717, 1.165) is 41.3 Å². The lowest BCUT2D eigenvalue weighted by molar-refractivity contribution is -0.403. The van der Waals surface area contributed by atoms with Crippen molar-refractivity contribution < 1.29 is 20.0 Å². The lowest BCUT2D eigenvalue weighted by Crippen LogP contribution is -2.62. The normalized spacial score (nSPS) is 36.0. The zero-order chi connectivity index (χ0) is 31.0. The number of aliphatic hydroxyl groups is 2. The fourth-order valence-electron chi connectivity index (χ4n) is 10.6. The van der Waals surface area contributed by atoms with E-state index in [1.165, 1.54) is 60.7 Å². The fourth-order valence-corrected chi connectivity index (χ4v) is 12.5. The third-order valence-electron chi connectivity index (χ3n) is 12.9. The Balaban J connectivity index is 1.01. The van der Waals surface area contributed by atoms with Crippen molar-refractivity contribution >= 4 is 35.0 Å². The number of thiazole rings is 1. The maximum atomic E-state index is 13.9. The summed E-state index contributed by atoms with van der Waals surface area (Å²) in [4.78, 5) is 17.4. The van der Waals surface area contributed by atoms with Crippen LogP contribution in [-0.4, -0.2) is 43.2 Å². The summed E-state index contributed by atoms with van der Waals surface area (Å²) in [6, 6.07) is 10.7. The van der Waals surface area contributed by atoms with Crippen LogP contribution >= 0.6 is 23.1 Å². The number of aromatic nitrogens is 3. The Kier molecular flexibility index (Phi) is 7.47. The summed E-state index contributed by atoms with van der Waals surface area (Å²) >= 11 is 3.09. The second kappa shape index (κ2) is 11.2. The minimum atomic E-state index is -1.41. The Morgan fingerprint density at radius 3 is 2.73 bits per heavy atom. The molecule has 0 saturated heterocycles. The smallest absolute Gasteiger partial charge is 0.296 e. The van der Waals surface area contributed by atoms with Crippen LogP contribution in [0.5, 0.6) is 0 Å². The van der Waals surface area contributed by atoms with Gasteiger partial charge >= 0.3 is 0 Å². The summed E-state index contributed by atoms with van der Waals surface area (Å²) < 4.78 is 3.29. The molecule has 5 unspecified atom stereocenters. The van der Waals surface area contributed by atoms with Gasteiger partial charge in [-0.25, -0.2) is 0 Å². The van der Waals surface area contributed by atoms with Crippen LogP contribution in [0.4, 0.5) is 0 Å². The van der Waals surface area contributed by atoms with Crippen molar-refractivity contribution in [1.29, 1.82) is 0 Å². The molecule has 238 valence electrons. The van der Waals surface area contributed by atoms with E-state index < -0.39 is 17.1 Å². The molecule has 3 aromatic rings. The average Bonchev–Trinajstić information content (AvgIpc) is 3.75. The molecular weight excluding hydrogens is 599 g/mol. The maximum Gasteiger partial charge on any atom is 0.296 e. The second-order valence-corrected chi connectivity index (χ2v) is 17.2. The number of rotatable bonds is 6. The SMILES string of the molecule is CC12Cc3cnn(C4CCCCC4)c3C=C1CCC1C2[C@@H](O)CC2(C)C1CC[C@]2(O)C(=O)CSc1[nH+]c(-c2ccccc2)cs1. The first-order valence-electron chi connectivity index (χ1n) is 17.1. The zero-order valence-corrected chi connectivity index (χ0v) is 28.1. The molecule has 0 radical (unpaired) electrons. The summed E-state index contributed by atoms with van der Waals surface area (Å²) in [5.74, 6) is 0.793. The first-order chi connectivity index (χ1) is 21.7. The Morgan fingerprint density at radius 1 is 1.13 bits per heavy atom. The summed E-state index contributed by atoms with van der Waals surface area (Å²) in [5, 5.41) is 31.3. The number of carbonyl (C=O) groups excluding carboxylic acids is 1. The Morgan fingerprint density at radius 2 is 1.93 bits per heavy atom. The van der Waals surface area contributed by atoms with Crippen LogP contribution in [0.25, 0.3) is 17.3 Å². The number of aliphatic hydroxyl groups excluding tert-OH is 1. The number of benzene rings is 1. The number of allylic oxidation sites excluding steroid dienone is 1. The van der Waals surface area contributed by atoms with Gasteiger partial charge in [-0.2, -0.15) is 10.1 Å². The number of nitrogens with zero attached hydrogens (tertiary/aromatic N) is 2. The molecule has 4 fully saturated rings. The monoisotopic (exact) mass is 644 g/mol. The molecule has 2 heterocycles. The van der Waals surface area contributed by atoms with Crippen molar-refractivity contribution in [3.8, 4) is 11.3 Å². The number of Topliss-reactive ketones (excluding diaryl/α,β-unsaturated/α-hetero) is 1. The molecule has 0 bridgehead atoms. The predicted octanol–water partition coefficient (Wildman–Crippen LogP) is 7.18. The maximum absolute atomic E-state index is 13.9. The van der Waals surface area contributed by atoms with Gasteiger partial charge in [0.2, 0.25) is 5.69 Å². The molecule has 6 nitrogen and oxygen atoms in total. The molecule has 2 aromatic heterocycles. The van der Waals surface area contributed by atoms with Gasteiger partial charge in [-0.1, -0.05) is 68.2 Å². The van der Waals surface area contributed by atoms with E-state index in [-0.39, 0.29) is 28.8 Å². The highest BCUT2D eigenvalue weighted by Gasteiger charge is 2.68. The van der Waals surface area contributed by atoms with E-state index >= 15 is 0 Å². The quantitative estimate of drug-likeness (QED) is 0.278. The standard InChI is InChI=1S/C37H45N3O3S2/c1-35-18-24-20-38-40(26-11-7-4-8-12-26)30(24)17-25(35)13-14-27-28-15-16-37(43,36(28,2)19-31(41)33(27)35)32(42)22-45-34-39-29(21-44-34)23-9-5-3-6-10-23/h3,5-6,9-10,17,20-21,26-28,31,33,41,43H,4,7-8,11-16,18-19,22H2,1-2H3/p+1/t27?,28?,31-,33?,35?,36?,37-/m0/s1. The van der Waals surface area contributed by atoms with Gasteiger partial charge in [-0.05, 0) is 110 Å². The molecule has 1 aromatic carbocycles. The van der Waals surface area contributed by atoms with Crippen LogP contribution in [0.2, 0.25) is 0 Å². The topological polar surface area (TPSA) is 89.5 Å². The van der Waals surface area contributed by atoms with E-state index in [1.807, 2.05) is 18.2 Å². The lowest BCUT2D eigenvalue weighted by Gasteiger charge is -2.60. The van der Waals surface area contributed by atoms with E-state index in [9.17, 15) is 15.0 Å². The number of aromatic amines is 1. The number of ketones is 1. The third-order valence-corrected chi connectivity index (χ3v) is 15.0. The highest BCUT2D eigenvalue weighted by molar-refractivity contribution is 8.01. The molecule has 0 amide bonds. The van der Waals surface area contributed by atoms with Crippen LogP contribution < -0.4 is 4.98 Å².